The van der Waals surface area contributed by atoms with E-state index in [2.05, 4.69) is 6.58 Å². The summed E-state index contributed by atoms with van der Waals surface area (Å²) in [5.41, 5.74) is 0.771. The fourth-order valence-corrected chi connectivity index (χ4v) is 1.03. The first-order valence-electron chi connectivity index (χ1n) is 3.30. The van der Waals surface area contributed by atoms with Crippen LogP contribution in [-0.4, -0.2) is 5.11 Å². The van der Waals surface area contributed by atoms with E-state index in [0.717, 1.165) is 5.56 Å². The standard InChI is InChI=1S/C9H9ClO/c1-2-9(11)7-4-3-5-8(10)6-7/h2-6,9,11H,1H2. The van der Waals surface area contributed by atoms with Crippen molar-refractivity contribution >= 4 is 11.6 Å². The third-order valence-electron chi connectivity index (χ3n) is 1.41. The van der Waals surface area contributed by atoms with Gasteiger partial charge in [-0.05, 0) is 17.7 Å². The maximum Gasteiger partial charge on any atom is 0.0969 e. The first-order valence-corrected chi connectivity index (χ1v) is 3.68. The van der Waals surface area contributed by atoms with E-state index in [-0.39, 0.29) is 0 Å². The average Bonchev–Trinajstić information content (AvgIpc) is 2.03. The van der Waals surface area contributed by atoms with Crippen molar-refractivity contribution in [3.63, 3.8) is 0 Å². The third kappa shape index (κ3) is 2.07. The molecule has 0 saturated heterocycles. The van der Waals surface area contributed by atoms with Crippen molar-refractivity contribution in [2.75, 3.05) is 0 Å². The molecule has 1 aromatic rings. The summed E-state index contributed by atoms with van der Waals surface area (Å²) < 4.78 is 0. The molecule has 58 valence electrons. The van der Waals surface area contributed by atoms with Gasteiger partial charge in [0, 0.05) is 5.02 Å². The lowest BCUT2D eigenvalue weighted by atomic mass is 10.1. The lowest BCUT2D eigenvalue weighted by molar-refractivity contribution is 0.229. The smallest absolute Gasteiger partial charge is 0.0969 e. The van der Waals surface area contributed by atoms with E-state index in [4.69, 9.17) is 11.6 Å². The number of rotatable bonds is 2. The molecule has 1 atom stereocenters. The monoisotopic (exact) mass is 168 g/mol. The van der Waals surface area contributed by atoms with Crippen LogP contribution in [0.1, 0.15) is 11.7 Å². The van der Waals surface area contributed by atoms with Crippen LogP contribution in [0.25, 0.3) is 0 Å². The Morgan fingerprint density at radius 1 is 1.55 bits per heavy atom. The SMILES string of the molecule is C=CC(O)c1cccc(Cl)c1. The minimum Gasteiger partial charge on any atom is -0.384 e. The molecule has 0 heterocycles. The molecule has 0 radical (unpaired) electrons. The van der Waals surface area contributed by atoms with E-state index < -0.39 is 6.10 Å². The predicted octanol–water partition coefficient (Wildman–Crippen LogP) is 2.56. The molecule has 0 saturated carbocycles. The van der Waals surface area contributed by atoms with Crippen molar-refractivity contribution < 1.29 is 5.11 Å². The van der Waals surface area contributed by atoms with Gasteiger partial charge >= 0.3 is 0 Å². The average molecular weight is 169 g/mol. The van der Waals surface area contributed by atoms with E-state index in [9.17, 15) is 5.11 Å². The summed E-state index contributed by atoms with van der Waals surface area (Å²) in [7, 11) is 0. The van der Waals surface area contributed by atoms with Crippen LogP contribution in [0.4, 0.5) is 0 Å². The van der Waals surface area contributed by atoms with E-state index >= 15 is 0 Å². The number of aliphatic hydroxyl groups excluding tert-OH is 1. The normalized spacial score (nSPS) is 12.5. The second kappa shape index (κ2) is 3.56. The summed E-state index contributed by atoms with van der Waals surface area (Å²) in [5.74, 6) is 0. The fraction of sp³-hybridized carbons (Fsp3) is 0.111. The summed E-state index contributed by atoms with van der Waals surface area (Å²) >= 11 is 5.70. The molecular weight excluding hydrogens is 160 g/mol. The van der Waals surface area contributed by atoms with Crippen LogP contribution in [0.2, 0.25) is 5.02 Å². The van der Waals surface area contributed by atoms with E-state index in [1.165, 1.54) is 6.08 Å². The van der Waals surface area contributed by atoms with Crippen LogP contribution in [0.5, 0.6) is 0 Å². The highest BCUT2D eigenvalue weighted by Gasteiger charge is 2.01. The Hall–Kier alpha value is -0.790. The molecule has 0 aliphatic heterocycles. The largest absolute Gasteiger partial charge is 0.384 e. The van der Waals surface area contributed by atoms with Gasteiger partial charge in [0.2, 0.25) is 0 Å². The number of hydrogen-bond acceptors (Lipinski definition) is 1. The molecule has 0 fully saturated rings. The Morgan fingerprint density at radius 3 is 2.82 bits per heavy atom. The first kappa shape index (κ1) is 8.31. The summed E-state index contributed by atoms with van der Waals surface area (Å²) in [6.45, 7) is 3.47. The summed E-state index contributed by atoms with van der Waals surface area (Å²) in [4.78, 5) is 0. The first-order chi connectivity index (χ1) is 5.24. The maximum atomic E-state index is 9.28. The van der Waals surface area contributed by atoms with Crippen LogP contribution in [0.15, 0.2) is 36.9 Å². The molecular formula is C9H9ClO. The molecule has 0 spiro atoms. The zero-order chi connectivity index (χ0) is 8.27. The van der Waals surface area contributed by atoms with Gasteiger partial charge in [-0.2, -0.15) is 0 Å². The van der Waals surface area contributed by atoms with Crippen molar-refractivity contribution in [3.05, 3.63) is 47.5 Å². The second-order valence-corrected chi connectivity index (χ2v) is 2.67. The Morgan fingerprint density at radius 2 is 2.27 bits per heavy atom. The molecule has 2 heteroatoms. The maximum absolute atomic E-state index is 9.28. The topological polar surface area (TPSA) is 20.2 Å². The highest BCUT2D eigenvalue weighted by molar-refractivity contribution is 6.30. The number of benzene rings is 1. The highest BCUT2D eigenvalue weighted by atomic mass is 35.5. The Bertz CT molecular complexity index is 257. The Balaban J connectivity index is 2.95. The third-order valence-corrected chi connectivity index (χ3v) is 1.65. The molecule has 1 unspecified atom stereocenters. The van der Waals surface area contributed by atoms with E-state index in [1.54, 1.807) is 24.3 Å². The molecule has 1 N–H and O–H groups in total. The summed E-state index contributed by atoms with van der Waals surface area (Å²) in [6.07, 6.45) is 0.847. The molecule has 0 aliphatic rings. The van der Waals surface area contributed by atoms with Gasteiger partial charge in [-0.1, -0.05) is 29.8 Å². The van der Waals surface area contributed by atoms with Gasteiger partial charge in [-0.25, -0.2) is 0 Å². The van der Waals surface area contributed by atoms with Crippen molar-refractivity contribution in [2.24, 2.45) is 0 Å². The highest BCUT2D eigenvalue weighted by Crippen LogP contribution is 2.17. The fourth-order valence-electron chi connectivity index (χ4n) is 0.827. The zero-order valence-electron chi connectivity index (χ0n) is 6.00. The van der Waals surface area contributed by atoms with Crippen LogP contribution in [-0.2, 0) is 0 Å². The molecule has 0 aliphatic carbocycles. The van der Waals surface area contributed by atoms with Crippen LogP contribution >= 0.6 is 11.6 Å². The van der Waals surface area contributed by atoms with Crippen molar-refractivity contribution in [2.45, 2.75) is 6.10 Å². The molecule has 1 aromatic carbocycles. The summed E-state index contributed by atoms with van der Waals surface area (Å²) in [6, 6.07) is 7.08. The van der Waals surface area contributed by atoms with E-state index in [0.29, 0.717) is 5.02 Å². The van der Waals surface area contributed by atoms with Gasteiger partial charge in [0.05, 0.1) is 6.10 Å². The number of halogens is 1. The van der Waals surface area contributed by atoms with Crippen LogP contribution < -0.4 is 0 Å². The predicted molar refractivity (Wildman–Crippen MR) is 46.6 cm³/mol. The van der Waals surface area contributed by atoms with E-state index in [1.807, 2.05) is 0 Å². The van der Waals surface area contributed by atoms with Crippen LogP contribution in [0.3, 0.4) is 0 Å². The Labute approximate surface area is 70.9 Å². The Kier molecular flexibility index (Phi) is 2.69. The molecule has 0 aromatic heterocycles. The molecule has 0 amide bonds. The lowest BCUT2D eigenvalue weighted by Gasteiger charge is -2.04. The van der Waals surface area contributed by atoms with Gasteiger partial charge in [0.15, 0.2) is 0 Å². The zero-order valence-corrected chi connectivity index (χ0v) is 6.75. The van der Waals surface area contributed by atoms with Gasteiger partial charge in [0.25, 0.3) is 0 Å². The minimum absolute atomic E-state index is 0.617. The van der Waals surface area contributed by atoms with Crippen molar-refractivity contribution in [1.29, 1.82) is 0 Å². The quantitative estimate of drug-likeness (QED) is 0.673. The molecule has 1 rings (SSSR count). The lowest BCUT2D eigenvalue weighted by Crippen LogP contribution is -1.90. The van der Waals surface area contributed by atoms with Gasteiger partial charge in [-0.15, -0.1) is 6.58 Å². The molecule has 1 nitrogen and oxygen atoms in total. The van der Waals surface area contributed by atoms with Crippen LogP contribution in [0, 0.1) is 0 Å². The van der Waals surface area contributed by atoms with Gasteiger partial charge < -0.3 is 5.11 Å². The minimum atomic E-state index is -0.617. The van der Waals surface area contributed by atoms with Gasteiger partial charge in [0.1, 0.15) is 0 Å². The number of hydrogen-bond donors (Lipinski definition) is 1. The summed E-state index contributed by atoms with van der Waals surface area (Å²) in [5, 5.41) is 9.91. The van der Waals surface area contributed by atoms with Crippen molar-refractivity contribution in [1.82, 2.24) is 0 Å². The second-order valence-electron chi connectivity index (χ2n) is 2.24. The number of aliphatic hydroxyl groups is 1. The molecule has 11 heavy (non-hydrogen) atoms. The van der Waals surface area contributed by atoms with Gasteiger partial charge in [-0.3, -0.25) is 0 Å². The molecule has 0 bridgehead atoms. The van der Waals surface area contributed by atoms with Crippen molar-refractivity contribution in [3.8, 4) is 0 Å².